The maximum atomic E-state index is 12.4. The number of benzene rings is 2. The third-order valence-corrected chi connectivity index (χ3v) is 4.16. The van der Waals surface area contributed by atoms with E-state index in [2.05, 4.69) is 5.32 Å². The van der Waals surface area contributed by atoms with Gasteiger partial charge >= 0.3 is 0 Å². The Morgan fingerprint density at radius 3 is 1.80 bits per heavy atom. The standard InChI is InChI=1S/C21H24N2O7/c1-26-15-10-13(21(22)25)14(11-16(15)27-2)23-19(24)7-6-12-8-17(28-3)20(30-5)18(9-12)29-4/h6-11H,1-5H3,(H2,22,25)(H,23,24)/b7-6+. The van der Waals surface area contributed by atoms with Crippen LogP contribution in [0.25, 0.3) is 6.08 Å². The average molecular weight is 416 g/mol. The largest absolute Gasteiger partial charge is 0.493 e. The van der Waals surface area contributed by atoms with Crippen molar-refractivity contribution < 1.29 is 33.3 Å². The first-order valence-electron chi connectivity index (χ1n) is 8.73. The summed E-state index contributed by atoms with van der Waals surface area (Å²) in [5, 5.41) is 2.62. The summed E-state index contributed by atoms with van der Waals surface area (Å²) < 4.78 is 26.2. The molecule has 0 bridgehead atoms. The Bertz CT molecular complexity index is 945. The highest BCUT2D eigenvalue weighted by molar-refractivity contribution is 6.07. The summed E-state index contributed by atoms with van der Waals surface area (Å²) in [4.78, 5) is 24.2. The second-order valence-corrected chi connectivity index (χ2v) is 5.90. The minimum Gasteiger partial charge on any atom is -0.493 e. The molecule has 0 heterocycles. The van der Waals surface area contributed by atoms with Gasteiger partial charge in [-0.25, -0.2) is 0 Å². The number of rotatable bonds is 9. The van der Waals surface area contributed by atoms with Crippen molar-refractivity contribution in [2.45, 2.75) is 0 Å². The van der Waals surface area contributed by atoms with Crippen LogP contribution >= 0.6 is 0 Å². The van der Waals surface area contributed by atoms with Gasteiger partial charge in [0.05, 0.1) is 46.8 Å². The van der Waals surface area contributed by atoms with Gasteiger partial charge in [-0.2, -0.15) is 0 Å². The maximum Gasteiger partial charge on any atom is 0.250 e. The highest BCUT2D eigenvalue weighted by Crippen LogP contribution is 2.38. The Hall–Kier alpha value is -3.88. The third-order valence-electron chi connectivity index (χ3n) is 4.16. The smallest absolute Gasteiger partial charge is 0.250 e. The monoisotopic (exact) mass is 416 g/mol. The van der Waals surface area contributed by atoms with Crippen LogP contribution in [0, 0.1) is 0 Å². The molecule has 160 valence electrons. The van der Waals surface area contributed by atoms with Gasteiger partial charge < -0.3 is 34.7 Å². The minimum atomic E-state index is -0.722. The molecule has 2 rings (SSSR count). The fraction of sp³-hybridized carbons (Fsp3) is 0.238. The van der Waals surface area contributed by atoms with E-state index in [4.69, 9.17) is 29.4 Å². The Morgan fingerprint density at radius 2 is 1.33 bits per heavy atom. The van der Waals surface area contributed by atoms with Crippen LogP contribution in [0.1, 0.15) is 15.9 Å². The quantitative estimate of drug-likeness (QED) is 0.603. The highest BCUT2D eigenvalue weighted by Gasteiger charge is 2.16. The lowest BCUT2D eigenvalue weighted by atomic mass is 10.1. The van der Waals surface area contributed by atoms with Crippen molar-refractivity contribution >= 4 is 23.6 Å². The first kappa shape index (κ1) is 22.4. The van der Waals surface area contributed by atoms with E-state index in [1.165, 1.54) is 53.8 Å². The molecule has 0 saturated heterocycles. The predicted octanol–water partition coefficient (Wildman–Crippen LogP) is 2.48. The Morgan fingerprint density at radius 1 is 0.800 bits per heavy atom. The number of nitrogens with one attached hydrogen (secondary N) is 1. The van der Waals surface area contributed by atoms with Gasteiger partial charge in [0.2, 0.25) is 11.7 Å². The number of carbonyl (C=O) groups is 2. The second kappa shape index (κ2) is 10.1. The van der Waals surface area contributed by atoms with Crippen molar-refractivity contribution in [3.63, 3.8) is 0 Å². The summed E-state index contributed by atoms with van der Waals surface area (Å²) in [5.41, 5.74) is 6.34. The van der Waals surface area contributed by atoms with Crippen LogP contribution in [0.4, 0.5) is 5.69 Å². The minimum absolute atomic E-state index is 0.0854. The molecule has 0 saturated carbocycles. The van der Waals surface area contributed by atoms with Gasteiger partial charge in [-0.05, 0) is 29.8 Å². The molecule has 9 nitrogen and oxygen atoms in total. The molecule has 3 N–H and O–H groups in total. The van der Waals surface area contributed by atoms with Gasteiger partial charge in [-0.3, -0.25) is 9.59 Å². The first-order chi connectivity index (χ1) is 14.4. The van der Waals surface area contributed by atoms with Crippen molar-refractivity contribution in [2.75, 3.05) is 40.9 Å². The van der Waals surface area contributed by atoms with Crippen molar-refractivity contribution in [1.82, 2.24) is 0 Å². The Labute approximate surface area is 174 Å². The highest BCUT2D eigenvalue weighted by atomic mass is 16.5. The topological polar surface area (TPSA) is 118 Å². The number of methoxy groups -OCH3 is 5. The van der Waals surface area contributed by atoms with Crippen LogP contribution in [0.2, 0.25) is 0 Å². The van der Waals surface area contributed by atoms with Crippen LogP contribution in [0.5, 0.6) is 28.7 Å². The van der Waals surface area contributed by atoms with Gasteiger partial charge in [0.1, 0.15) is 0 Å². The van der Waals surface area contributed by atoms with E-state index < -0.39 is 11.8 Å². The van der Waals surface area contributed by atoms with Crippen molar-refractivity contribution in [2.24, 2.45) is 5.73 Å². The van der Waals surface area contributed by atoms with Crippen LogP contribution in [0.3, 0.4) is 0 Å². The number of amides is 2. The fourth-order valence-electron chi connectivity index (χ4n) is 2.73. The van der Waals surface area contributed by atoms with Crippen molar-refractivity contribution in [3.8, 4) is 28.7 Å². The number of ether oxygens (including phenoxy) is 5. The van der Waals surface area contributed by atoms with E-state index >= 15 is 0 Å². The molecule has 2 aromatic carbocycles. The number of primary amides is 1. The normalized spacial score (nSPS) is 10.4. The molecule has 2 amide bonds. The van der Waals surface area contributed by atoms with Gasteiger partial charge in [-0.1, -0.05) is 0 Å². The van der Waals surface area contributed by atoms with E-state index in [0.717, 1.165) is 0 Å². The molecular weight excluding hydrogens is 392 g/mol. The lowest BCUT2D eigenvalue weighted by molar-refractivity contribution is -0.111. The average Bonchev–Trinajstić information content (AvgIpc) is 2.76. The number of hydrogen-bond acceptors (Lipinski definition) is 7. The molecule has 0 unspecified atom stereocenters. The van der Waals surface area contributed by atoms with Crippen LogP contribution in [-0.4, -0.2) is 47.4 Å². The van der Waals surface area contributed by atoms with E-state index in [0.29, 0.717) is 34.3 Å². The SMILES string of the molecule is COc1cc(NC(=O)/C=C/c2cc(OC)c(OC)c(OC)c2)c(C(N)=O)cc1OC. The first-order valence-corrected chi connectivity index (χ1v) is 8.73. The van der Waals surface area contributed by atoms with Gasteiger partial charge in [-0.15, -0.1) is 0 Å². The van der Waals surface area contributed by atoms with E-state index in [-0.39, 0.29) is 11.3 Å². The van der Waals surface area contributed by atoms with Gasteiger partial charge in [0.15, 0.2) is 23.0 Å². The summed E-state index contributed by atoms with van der Waals surface area (Å²) >= 11 is 0. The summed E-state index contributed by atoms with van der Waals surface area (Å²) in [7, 11) is 7.38. The second-order valence-electron chi connectivity index (χ2n) is 5.90. The fourth-order valence-corrected chi connectivity index (χ4v) is 2.73. The molecular formula is C21H24N2O7. The Kier molecular flexibility index (Phi) is 7.51. The van der Waals surface area contributed by atoms with Crippen molar-refractivity contribution in [1.29, 1.82) is 0 Å². The number of hydrogen-bond donors (Lipinski definition) is 2. The molecule has 0 spiro atoms. The number of carbonyl (C=O) groups excluding carboxylic acids is 2. The summed E-state index contributed by atoms with van der Waals surface area (Å²) in [6.07, 6.45) is 2.85. The zero-order chi connectivity index (χ0) is 22.3. The number of nitrogens with two attached hydrogens (primary N) is 1. The molecule has 0 aliphatic heterocycles. The molecule has 0 radical (unpaired) electrons. The molecule has 0 fully saturated rings. The van der Waals surface area contributed by atoms with Crippen LogP contribution in [-0.2, 0) is 4.79 Å². The molecule has 0 aromatic heterocycles. The van der Waals surface area contributed by atoms with Crippen molar-refractivity contribution in [3.05, 3.63) is 41.5 Å². The van der Waals surface area contributed by atoms with Gasteiger partial charge in [0, 0.05) is 12.1 Å². The summed E-state index contributed by atoms with van der Waals surface area (Å²) in [6, 6.07) is 6.25. The van der Waals surface area contributed by atoms with Crippen LogP contribution in [0.15, 0.2) is 30.3 Å². The van der Waals surface area contributed by atoms with Crippen LogP contribution < -0.4 is 34.7 Å². The maximum absolute atomic E-state index is 12.4. The molecule has 0 aliphatic rings. The third kappa shape index (κ3) is 4.93. The zero-order valence-corrected chi connectivity index (χ0v) is 17.4. The lowest BCUT2D eigenvalue weighted by Crippen LogP contribution is -2.17. The molecule has 2 aromatic rings. The lowest BCUT2D eigenvalue weighted by Gasteiger charge is -2.14. The van der Waals surface area contributed by atoms with Gasteiger partial charge in [0.25, 0.3) is 5.91 Å². The number of anilines is 1. The van der Waals surface area contributed by atoms with E-state index in [1.54, 1.807) is 18.2 Å². The van der Waals surface area contributed by atoms with E-state index in [1.807, 2.05) is 0 Å². The zero-order valence-electron chi connectivity index (χ0n) is 17.4. The molecule has 9 heteroatoms. The molecule has 0 aliphatic carbocycles. The molecule has 30 heavy (non-hydrogen) atoms. The molecule has 0 atom stereocenters. The Balaban J connectivity index is 2.31. The predicted molar refractivity (Wildman–Crippen MR) is 112 cm³/mol. The van der Waals surface area contributed by atoms with E-state index in [9.17, 15) is 9.59 Å². The summed E-state index contributed by atoms with van der Waals surface area (Å²) in [5.74, 6) is 0.792. The summed E-state index contributed by atoms with van der Waals surface area (Å²) in [6.45, 7) is 0.